The lowest BCUT2D eigenvalue weighted by Crippen LogP contribution is -2.03. The van der Waals surface area contributed by atoms with E-state index in [1.54, 1.807) is 48.5 Å². The molecule has 0 saturated carbocycles. The van der Waals surface area contributed by atoms with E-state index < -0.39 is 23.9 Å². The number of carbonyl (C=O) groups is 4. The number of fused-ring (bicyclic) bond motifs is 1. The Bertz CT molecular complexity index is 2000. The molecule has 240 valence electrons. The van der Waals surface area contributed by atoms with Crippen molar-refractivity contribution < 1.29 is 38.1 Å². The minimum Gasteiger partial charge on any atom is -0.465 e. The zero-order chi connectivity index (χ0) is 33.9. The van der Waals surface area contributed by atoms with Crippen LogP contribution in [0.4, 0.5) is 0 Å². The average molecular weight is 643 g/mol. The minimum absolute atomic E-state index is 0.406. The van der Waals surface area contributed by atoms with Gasteiger partial charge in [-0.2, -0.15) is 0 Å². The second kappa shape index (κ2) is 13.1. The fourth-order valence-corrected chi connectivity index (χ4v) is 5.65. The van der Waals surface area contributed by atoms with Crippen LogP contribution in [-0.4, -0.2) is 61.5 Å². The van der Waals surface area contributed by atoms with Gasteiger partial charge in [0.1, 0.15) is 0 Å². The van der Waals surface area contributed by atoms with Crippen LogP contribution >= 0.6 is 0 Å². The molecule has 6 aromatic rings. The monoisotopic (exact) mass is 642 g/mol. The Hall–Kier alpha value is -6.42. The van der Waals surface area contributed by atoms with Crippen LogP contribution < -0.4 is 0 Å². The molecule has 10 nitrogen and oxygen atoms in total. The maximum Gasteiger partial charge on any atom is 0.337 e. The second-order valence-corrected chi connectivity index (χ2v) is 10.7. The van der Waals surface area contributed by atoms with Crippen molar-refractivity contribution in [3.05, 3.63) is 131 Å². The van der Waals surface area contributed by atoms with E-state index in [0.29, 0.717) is 22.3 Å². The highest BCUT2D eigenvalue weighted by Gasteiger charge is 2.22. The summed E-state index contributed by atoms with van der Waals surface area (Å²) in [6.45, 7) is 0. The van der Waals surface area contributed by atoms with Gasteiger partial charge in [-0.3, -0.25) is 0 Å². The number of hydrogen-bond acceptors (Lipinski definition) is 8. The zero-order valence-corrected chi connectivity index (χ0v) is 26.6. The minimum atomic E-state index is -0.447. The van der Waals surface area contributed by atoms with Crippen LogP contribution in [0.2, 0.25) is 0 Å². The Morgan fingerprint density at radius 3 is 0.896 bits per heavy atom. The van der Waals surface area contributed by atoms with Crippen LogP contribution in [0, 0.1) is 0 Å². The maximum absolute atomic E-state index is 12.2. The lowest BCUT2D eigenvalue weighted by molar-refractivity contribution is 0.0592. The SMILES string of the molecule is COC(=O)c1ccc(-c2cc3c(cc(-c4ccc(C(=O)OC)cc4)n3-c3ccc(C(=O)OC)cc3)n2-c2ccc(C(=O)OC)cc2)cc1. The Morgan fingerprint density at radius 1 is 0.396 bits per heavy atom. The van der Waals surface area contributed by atoms with Crippen LogP contribution in [0.3, 0.4) is 0 Å². The molecule has 0 aliphatic rings. The third-order valence-electron chi connectivity index (χ3n) is 8.07. The first kappa shape index (κ1) is 31.6. The van der Waals surface area contributed by atoms with E-state index >= 15 is 0 Å². The molecule has 0 spiro atoms. The van der Waals surface area contributed by atoms with E-state index in [1.165, 1.54) is 28.4 Å². The summed E-state index contributed by atoms with van der Waals surface area (Å²) in [5.74, 6) is -1.77. The highest BCUT2D eigenvalue weighted by molar-refractivity contribution is 5.96. The van der Waals surface area contributed by atoms with Gasteiger partial charge in [0.15, 0.2) is 0 Å². The molecule has 0 amide bonds. The van der Waals surface area contributed by atoms with Gasteiger partial charge >= 0.3 is 23.9 Å². The van der Waals surface area contributed by atoms with Crippen molar-refractivity contribution in [2.75, 3.05) is 28.4 Å². The molecule has 6 rings (SSSR count). The van der Waals surface area contributed by atoms with Crippen LogP contribution in [-0.2, 0) is 18.9 Å². The third-order valence-corrected chi connectivity index (χ3v) is 8.07. The summed E-state index contributed by atoms with van der Waals surface area (Å²) < 4.78 is 23.7. The first-order chi connectivity index (χ1) is 23.3. The molecule has 48 heavy (non-hydrogen) atoms. The molecule has 0 aliphatic carbocycles. The van der Waals surface area contributed by atoms with E-state index in [-0.39, 0.29) is 0 Å². The first-order valence-corrected chi connectivity index (χ1v) is 14.8. The molecule has 0 atom stereocenters. The number of methoxy groups -OCH3 is 4. The molecule has 0 bridgehead atoms. The van der Waals surface area contributed by atoms with E-state index in [0.717, 1.165) is 44.9 Å². The zero-order valence-electron chi connectivity index (χ0n) is 26.6. The van der Waals surface area contributed by atoms with Gasteiger partial charge in [-0.1, -0.05) is 24.3 Å². The van der Waals surface area contributed by atoms with Crippen LogP contribution in [0.5, 0.6) is 0 Å². The molecular weight excluding hydrogens is 612 g/mol. The summed E-state index contributed by atoms with van der Waals surface area (Å²) >= 11 is 0. The number of esters is 4. The predicted molar refractivity (Wildman–Crippen MR) is 179 cm³/mol. The van der Waals surface area contributed by atoms with Gasteiger partial charge < -0.3 is 28.1 Å². The van der Waals surface area contributed by atoms with Gasteiger partial charge in [0, 0.05) is 11.4 Å². The number of aromatic nitrogens is 2. The topological polar surface area (TPSA) is 115 Å². The molecule has 4 aromatic carbocycles. The average Bonchev–Trinajstić information content (AvgIpc) is 3.70. The summed E-state index contributed by atoms with van der Waals surface area (Å²) in [5.41, 5.74) is 8.13. The molecule has 2 heterocycles. The lowest BCUT2D eigenvalue weighted by atomic mass is 10.1. The quantitative estimate of drug-likeness (QED) is 0.130. The third kappa shape index (κ3) is 5.71. The highest BCUT2D eigenvalue weighted by Crippen LogP contribution is 2.39. The molecule has 0 fully saturated rings. The van der Waals surface area contributed by atoms with Crippen molar-refractivity contribution in [1.82, 2.24) is 9.13 Å². The number of benzene rings is 4. The summed E-state index contributed by atoms with van der Waals surface area (Å²) in [5, 5.41) is 0. The standard InChI is InChI=1S/C38H30N2O8/c1-45-35(41)25-9-5-23(6-10-25)31-21-33-34(39(31)29-17-13-27(14-18-29)37(43)47-3)22-32(24-7-11-26(12-8-24)36(42)46-2)40(33)30-19-15-28(16-20-30)38(44)48-4/h5-22H,1-4H3. The Balaban J connectivity index is 1.62. The number of hydrogen-bond donors (Lipinski definition) is 0. The summed E-state index contributed by atoms with van der Waals surface area (Å²) in [7, 11) is 5.34. The fourth-order valence-electron chi connectivity index (χ4n) is 5.65. The Kier molecular flexibility index (Phi) is 8.63. The molecule has 0 unspecified atom stereocenters. The molecule has 0 N–H and O–H groups in total. The molecule has 10 heteroatoms. The largest absolute Gasteiger partial charge is 0.465 e. The molecule has 0 aliphatic heterocycles. The van der Waals surface area contributed by atoms with Crippen molar-refractivity contribution in [1.29, 1.82) is 0 Å². The summed E-state index contributed by atoms with van der Waals surface area (Å²) in [6, 6.07) is 32.5. The number of rotatable bonds is 8. The number of carbonyl (C=O) groups excluding carboxylic acids is 4. The van der Waals surface area contributed by atoms with Gasteiger partial charge in [0.25, 0.3) is 0 Å². The van der Waals surface area contributed by atoms with Crippen molar-refractivity contribution in [3.8, 4) is 33.9 Å². The molecule has 2 aromatic heterocycles. The van der Waals surface area contributed by atoms with Crippen molar-refractivity contribution >= 4 is 34.9 Å². The van der Waals surface area contributed by atoms with Crippen molar-refractivity contribution in [2.24, 2.45) is 0 Å². The summed E-state index contributed by atoms with van der Waals surface area (Å²) in [6.07, 6.45) is 0. The Labute approximate surface area is 275 Å². The molecule has 0 radical (unpaired) electrons. The van der Waals surface area contributed by atoms with Gasteiger partial charge in [0.05, 0.1) is 73.1 Å². The lowest BCUT2D eigenvalue weighted by Gasteiger charge is -2.13. The van der Waals surface area contributed by atoms with Crippen LogP contribution in [0.25, 0.3) is 44.9 Å². The van der Waals surface area contributed by atoms with E-state index in [1.807, 2.05) is 60.7 Å². The smallest absolute Gasteiger partial charge is 0.337 e. The highest BCUT2D eigenvalue weighted by atomic mass is 16.5. The second-order valence-electron chi connectivity index (χ2n) is 10.7. The van der Waals surface area contributed by atoms with Gasteiger partial charge in [-0.15, -0.1) is 0 Å². The normalized spacial score (nSPS) is 10.8. The maximum atomic E-state index is 12.2. The Morgan fingerprint density at radius 2 is 0.646 bits per heavy atom. The first-order valence-electron chi connectivity index (χ1n) is 14.8. The van der Waals surface area contributed by atoms with E-state index in [2.05, 4.69) is 9.13 Å². The van der Waals surface area contributed by atoms with E-state index in [4.69, 9.17) is 18.9 Å². The summed E-state index contributed by atoms with van der Waals surface area (Å²) in [4.78, 5) is 48.8. The van der Waals surface area contributed by atoms with Gasteiger partial charge in [-0.25, -0.2) is 19.2 Å². The molecular formula is C38H30N2O8. The van der Waals surface area contributed by atoms with Crippen LogP contribution in [0.15, 0.2) is 109 Å². The van der Waals surface area contributed by atoms with Crippen molar-refractivity contribution in [2.45, 2.75) is 0 Å². The predicted octanol–water partition coefficient (Wildman–Crippen LogP) is 6.90. The number of ether oxygens (including phenoxy) is 4. The van der Waals surface area contributed by atoms with Gasteiger partial charge in [-0.05, 0) is 96.1 Å². The van der Waals surface area contributed by atoms with Gasteiger partial charge in [0.2, 0.25) is 0 Å². The number of nitrogens with zero attached hydrogens (tertiary/aromatic N) is 2. The van der Waals surface area contributed by atoms with Crippen LogP contribution in [0.1, 0.15) is 41.4 Å². The molecule has 0 saturated heterocycles. The van der Waals surface area contributed by atoms with E-state index in [9.17, 15) is 19.2 Å². The van der Waals surface area contributed by atoms with Crippen molar-refractivity contribution in [3.63, 3.8) is 0 Å². The fraction of sp³-hybridized carbons (Fsp3) is 0.105.